The zero-order valence-electron chi connectivity index (χ0n) is 19.5. The molecule has 0 saturated carbocycles. The van der Waals surface area contributed by atoms with E-state index in [1.54, 1.807) is 12.1 Å². The van der Waals surface area contributed by atoms with Gasteiger partial charge >= 0.3 is 0 Å². The fraction of sp³-hybridized carbons (Fsp3) is 0.440. The minimum absolute atomic E-state index is 0.0163. The number of likely N-dealkylation sites (tertiary alicyclic amines) is 1. The van der Waals surface area contributed by atoms with Crippen molar-refractivity contribution in [2.45, 2.75) is 38.5 Å². The molecule has 0 aliphatic carbocycles. The van der Waals surface area contributed by atoms with Crippen molar-refractivity contribution in [2.24, 2.45) is 5.92 Å². The van der Waals surface area contributed by atoms with Crippen LogP contribution in [0.5, 0.6) is 0 Å². The monoisotopic (exact) mass is 507 g/mol. The Morgan fingerprint density at radius 2 is 1.97 bits per heavy atom. The highest BCUT2D eigenvalue weighted by molar-refractivity contribution is 6.30. The molecule has 10 heteroatoms. The Labute approximate surface area is 207 Å². The third-order valence-corrected chi connectivity index (χ3v) is 6.71. The summed E-state index contributed by atoms with van der Waals surface area (Å²) in [5.41, 5.74) is 1.86. The number of aliphatic hydroxyl groups excluding tert-OH is 1. The number of hydrogen-bond acceptors (Lipinski definition) is 5. The number of nitrogens with one attached hydrogen (secondary N) is 2. The summed E-state index contributed by atoms with van der Waals surface area (Å²) in [5, 5.41) is 15.9. The Morgan fingerprint density at radius 1 is 1.23 bits per heavy atom. The molecule has 2 heterocycles. The Morgan fingerprint density at radius 3 is 2.63 bits per heavy atom. The van der Waals surface area contributed by atoms with Crippen molar-refractivity contribution >= 4 is 29.1 Å². The van der Waals surface area contributed by atoms with Gasteiger partial charge in [0.15, 0.2) is 0 Å². The summed E-state index contributed by atoms with van der Waals surface area (Å²) in [4.78, 5) is 28.2. The number of amides is 2. The predicted molar refractivity (Wildman–Crippen MR) is 127 cm³/mol. The van der Waals surface area contributed by atoms with Gasteiger partial charge in [-0.2, -0.15) is 0 Å². The van der Waals surface area contributed by atoms with E-state index in [4.69, 9.17) is 16.3 Å². The average Bonchev–Trinajstić information content (AvgIpc) is 3.17. The molecule has 0 bridgehead atoms. The first kappa shape index (κ1) is 25.3. The van der Waals surface area contributed by atoms with Crippen molar-refractivity contribution in [3.8, 4) is 0 Å². The van der Waals surface area contributed by atoms with Gasteiger partial charge in [0.05, 0.1) is 35.9 Å². The second kappa shape index (κ2) is 10.5. The first-order valence-corrected chi connectivity index (χ1v) is 11.9. The highest BCUT2D eigenvalue weighted by atomic mass is 35.5. The van der Waals surface area contributed by atoms with E-state index < -0.39 is 41.6 Å². The van der Waals surface area contributed by atoms with Crippen molar-refractivity contribution < 1.29 is 28.2 Å². The van der Waals surface area contributed by atoms with Crippen molar-refractivity contribution in [3.05, 3.63) is 63.7 Å². The maximum atomic E-state index is 14.7. The zero-order chi connectivity index (χ0) is 25.3. The minimum Gasteiger partial charge on any atom is -0.391 e. The molecule has 0 aromatic heterocycles. The number of carbonyl (C=O) groups is 2. The van der Waals surface area contributed by atoms with Crippen molar-refractivity contribution in [2.75, 3.05) is 31.6 Å². The van der Waals surface area contributed by atoms with E-state index in [2.05, 4.69) is 10.6 Å². The summed E-state index contributed by atoms with van der Waals surface area (Å²) in [6.45, 7) is 4.88. The number of rotatable bonds is 7. The summed E-state index contributed by atoms with van der Waals surface area (Å²) >= 11 is 5.70. The molecule has 2 aromatic rings. The minimum atomic E-state index is -0.976. The lowest BCUT2D eigenvalue weighted by atomic mass is 9.90. The van der Waals surface area contributed by atoms with Crippen LogP contribution < -0.4 is 10.6 Å². The molecule has 7 nitrogen and oxygen atoms in total. The fourth-order valence-corrected chi connectivity index (χ4v) is 4.69. The number of aliphatic hydroxyl groups is 1. The predicted octanol–water partition coefficient (Wildman–Crippen LogP) is 3.44. The lowest BCUT2D eigenvalue weighted by molar-refractivity contribution is -0.128. The van der Waals surface area contributed by atoms with Crippen LogP contribution in [0.2, 0.25) is 5.02 Å². The lowest BCUT2D eigenvalue weighted by Crippen LogP contribution is -2.50. The maximum absolute atomic E-state index is 14.7. The highest BCUT2D eigenvalue weighted by Gasteiger charge is 2.42. The van der Waals surface area contributed by atoms with Crippen LogP contribution in [0, 0.1) is 24.5 Å². The molecule has 2 aliphatic heterocycles. The van der Waals surface area contributed by atoms with Crippen LogP contribution >= 0.6 is 11.6 Å². The largest absolute Gasteiger partial charge is 0.391 e. The van der Waals surface area contributed by atoms with Gasteiger partial charge in [-0.25, -0.2) is 8.78 Å². The van der Waals surface area contributed by atoms with Gasteiger partial charge in [0.2, 0.25) is 5.91 Å². The van der Waals surface area contributed by atoms with Gasteiger partial charge < -0.3 is 25.4 Å². The fourth-order valence-electron chi connectivity index (χ4n) is 4.54. The van der Waals surface area contributed by atoms with Crippen LogP contribution in [0.15, 0.2) is 30.3 Å². The second-order valence-electron chi connectivity index (χ2n) is 9.01. The maximum Gasteiger partial charge on any atom is 0.256 e. The number of halogens is 3. The molecule has 1 unspecified atom stereocenters. The molecule has 2 amide bonds. The molecule has 2 fully saturated rings. The van der Waals surface area contributed by atoms with Gasteiger partial charge in [-0.05, 0) is 38.1 Å². The van der Waals surface area contributed by atoms with E-state index in [0.29, 0.717) is 17.8 Å². The summed E-state index contributed by atoms with van der Waals surface area (Å²) < 4.78 is 34.1. The summed E-state index contributed by atoms with van der Waals surface area (Å²) in [7, 11) is 0. The zero-order valence-corrected chi connectivity index (χ0v) is 20.2. The van der Waals surface area contributed by atoms with Gasteiger partial charge in [0.1, 0.15) is 17.7 Å². The van der Waals surface area contributed by atoms with Gasteiger partial charge in [0.25, 0.3) is 5.91 Å². The molecule has 3 atom stereocenters. The number of aryl methyl sites for hydroxylation is 1. The van der Waals surface area contributed by atoms with Crippen LogP contribution in [0.3, 0.4) is 0 Å². The number of carbonyl (C=O) groups excluding carboxylic acids is 2. The van der Waals surface area contributed by atoms with Gasteiger partial charge in [-0.15, -0.1) is 0 Å². The Bertz CT molecular complexity index is 1130. The molecule has 0 radical (unpaired) electrons. The molecule has 3 N–H and O–H groups in total. The van der Waals surface area contributed by atoms with Crippen LogP contribution in [0.25, 0.3) is 0 Å². The number of nitrogens with zero attached hydrogens (tertiary/aromatic N) is 1. The number of benzene rings is 2. The molecular weight excluding hydrogens is 480 g/mol. The normalized spacial score (nSPS) is 20.9. The molecule has 4 rings (SSSR count). The summed E-state index contributed by atoms with van der Waals surface area (Å²) in [5.74, 6) is -2.77. The van der Waals surface area contributed by atoms with Crippen LogP contribution in [0.4, 0.5) is 14.5 Å². The van der Waals surface area contributed by atoms with Crippen LogP contribution in [-0.4, -0.2) is 60.3 Å². The Hall–Kier alpha value is -2.75. The van der Waals surface area contributed by atoms with E-state index in [-0.39, 0.29) is 42.7 Å². The first-order valence-electron chi connectivity index (χ1n) is 11.6. The smallest absolute Gasteiger partial charge is 0.256 e. The van der Waals surface area contributed by atoms with E-state index in [0.717, 1.165) is 17.7 Å². The topological polar surface area (TPSA) is 90.9 Å². The molecule has 2 aliphatic rings. The second-order valence-corrected chi connectivity index (χ2v) is 9.42. The van der Waals surface area contributed by atoms with Crippen LogP contribution in [-0.2, 0) is 9.53 Å². The number of hydrogen-bond donors (Lipinski definition) is 3. The first-order chi connectivity index (χ1) is 16.7. The van der Waals surface area contributed by atoms with E-state index in [1.165, 1.54) is 4.90 Å². The van der Waals surface area contributed by atoms with Crippen molar-refractivity contribution in [1.82, 2.24) is 10.2 Å². The molecule has 35 heavy (non-hydrogen) atoms. The summed E-state index contributed by atoms with van der Waals surface area (Å²) in [6, 6.07) is 5.41. The molecule has 0 spiro atoms. The highest BCUT2D eigenvalue weighted by Crippen LogP contribution is 2.33. The average molecular weight is 508 g/mol. The van der Waals surface area contributed by atoms with E-state index >= 15 is 0 Å². The van der Waals surface area contributed by atoms with E-state index in [1.807, 2.05) is 19.9 Å². The van der Waals surface area contributed by atoms with Crippen molar-refractivity contribution in [3.63, 3.8) is 0 Å². The quantitative estimate of drug-likeness (QED) is 0.499. The Balaban J connectivity index is 1.61. The summed E-state index contributed by atoms with van der Waals surface area (Å²) in [6.07, 6.45) is -0.858. The third-order valence-electron chi connectivity index (χ3n) is 6.42. The van der Waals surface area contributed by atoms with E-state index in [9.17, 15) is 23.5 Å². The number of anilines is 1. The molecule has 2 saturated heterocycles. The number of β-amino-alcohol motifs (C(OH)–C–C–N with tert-alkyl or cyclic N) is 1. The number of ether oxygens (including phenoxy) is 1. The SMILES string of the molecule is CCNc1ccc(C)cc1C(=O)N1C[C@H](O)C[C@@H]1C(=O)NC(c1cc(F)c(Cl)cc1F)C1COC1. The lowest BCUT2D eigenvalue weighted by Gasteiger charge is -2.36. The van der Waals surface area contributed by atoms with Gasteiger partial charge in [-0.3, -0.25) is 9.59 Å². The van der Waals surface area contributed by atoms with Crippen LogP contribution in [0.1, 0.15) is 40.9 Å². The standard InChI is InChI=1S/C25H28ClF2N3O4/c1-3-29-21-5-4-13(2)6-17(21)25(34)31-10-15(32)7-22(31)24(33)30-23(14-11-35-12-14)16-8-20(28)18(26)9-19(16)27/h4-6,8-9,14-15,22-23,29,32H,3,7,10-12H2,1-2H3,(H,30,33)/t15-,22-,23?/m1/s1. The van der Waals surface area contributed by atoms with Gasteiger partial charge in [-0.1, -0.05) is 23.2 Å². The van der Waals surface area contributed by atoms with Crippen molar-refractivity contribution in [1.29, 1.82) is 0 Å². The molecule has 188 valence electrons. The molecular formula is C25H28ClF2N3O4. The van der Waals surface area contributed by atoms with Gasteiger partial charge in [0, 0.05) is 36.7 Å². The Kier molecular flexibility index (Phi) is 7.59. The third kappa shape index (κ3) is 5.27. The molecule has 2 aromatic carbocycles.